The van der Waals surface area contributed by atoms with Gasteiger partial charge < -0.3 is 9.64 Å². The Bertz CT molecular complexity index is 509. The summed E-state index contributed by atoms with van der Waals surface area (Å²) in [5, 5.41) is 0. The largest absolute Gasteiger partial charge is 0.444 e. The fourth-order valence-corrected chi connectivity index (χ4v) is 3.27. The first kappa shape index (κ1) is 14.4. The molecular weight excluding hydrogens is 264 g/mol. The predicted molar refractivity (Wildman–Crippen MR) is 82.0 cm³/mol. The highest BCUT2D eigenvalue weighted by molar-refractivity contribution is 5.69. The molecule has 2 atom stereocenters. The topological polar surface area (TPSA) is 32.8 Å². The minimum absolute atomic E-state index is 0.158. The van der Waals surface area contributed by atoms with Crippen molar-refractivity contribution in [3.05, 3.63) is 35.9 Å². The molecule has 4 heteroatoms. The van der Waals surface area contributed by atoms with E-state index in [1.807, 2.05) is 31.7 Å². The zero-order chi connectivity index (χ0) is 15.0. The van der Waals surface area contributed by atoms with E-state index in [1.54, 1.807) is 0 Å². The van der Waals surface area contributed by atoms with Crippen molar-refractivity contribution < 1.29 is 9.53 Å². The maximum atomic E-state index is 12.2. The summed E-state index contributed by atoms with van der Waals surface area (Å²) in [6, 6.07) is 11.4. The SMILES string of the molecule is CC(C)(C)OC(=O)N1CC[C@@H]2C1CN2Cc1ccccc1. The molecule has 0 spiro atoms. The molecule has 0 aliphatic carbocycles. The van der Waals surface area contributed by atoms with Crippen LogP contribution in [0.1, 0.15) is 32.8 Å². The van der Waals surface area contributed by atoms with Gasteiger partial charge in [-0.25, -0.2) is 4.79 Å². The summed E-state index contributed by atoms with van der Waals surface area (Å²) in [6.45, 7) is 8.50. The van der Waals surface area contributed by atoms with Gasteiger partial charge in [0.05, 0.1) is 6.04 Å². The van der Waals surface area contributed by atoms with E-state index < -0.39 is 5.60 Å². The number of carbonyl (C=O) groups excluding carboxylic acids is 1. The van der Waals surface area contributed by atoms with E-state index in [0.29, 0.717) is 12.1 Å². The number of hydrogen-bond acceptors (Lipinski definition) is 3. The maximum Gasteiger partial charge on any atom is 0.410 e. The molecule has 3 rings (SSSR count). The molecule has 4 nitrogen and oxygen atoms in total. The highest BCUT2D eigenvalue weighted by Gasteiger charge is 2.49. The van der Waals surface area contributed by atoms with Crippen LogP contribution in [-0.2, 0) is 11.3 Å². The van der Waals surface area contributed by atoms with Gasteiger partial charge in [0.1, 0.15) is 5.60 Å². The minimum atomic E-state index is -0.414. The third-order valence-corrected chi connectivity index (χ3v) is 4.26. The van der Waals surface area contributed by atoms with Crippen LogP contribution in [-0.4, -0.2) is 46.7 Å². The lowest BCUT2D eigenvalue weighted by Crippen LogP contribution is -2.62. The number of hydrogen-bond donors (Lipinski definition) is 0. The van der Waals surface area contributed by atoms with Gasteiger partial charge in [0, 0.05) is 25.7 Å². The molecule has 2 heterocycles. The van der Waals surface area contributed by atoms with Crippen molar-refractivity contribution in [3.8, 4) is 0 Å². The number of ether oxygens (including phenoxy) is 1. The number of amides is 1. The summed E-state index contributed by atoms with van der Waals surface area (Å²) in [5.41, 5.74) is 0.925. The van der Waals surface area contributed by atoms with Gasteiger partial charge in [-0.15, -0.1) is 0 Å². The molecule has 0 N–H and O–H groups in total. The molecule has 2 aliphatic rings. The zero-order valence-corrected chi connectivity index (χ0v) is 13.1. The number of rotatable bonds is 2. The summed E-state index contributed by atoms with van der Waals surface area (Å²) in [5.74, 6) is 0. The van der Waals surface area contributed by atoms with Gasteiger partial charge in [-0.3, -0.25) is 4.90 Å². The predicted octanol–water partition coefficient (Wildman–Crippen LogP) is 2.88. The van der Waals surface area contributed by atoms with Crippen molar-refractivity contribution in [2.75, 3.05) is 13.1 Å². The summed E-state index contributed by atoms with van der Waals surface area (Å²) in [7, 11) is 0. The Morgan fingerprint density at radius 2 is 1.95 bits per heavy atom. The first-order chi connectivity index (χ1) is 9.94. The van der Waals surface area contributed by atoms with Crippen LogP contribution in [0.5, 0.6) is 0 Å². The number of nitrogens with zero attached hydrogens (tertiary/aromatic N) is 2. The lowest BCUT2D eigenvalue weighted by Gasteiger charge is -2.46. The lowest BCUT2D eigenvalue weighted by atomic mass is 9.96. The molecule has 1 amide bonds. The van der Waals surface area contributed by atoms with Crippen molar-refractivity contribution in [2.24, 2.45) is 0 Å². The van der Waals surface area contributed by atoms with Crippen LogP contribution in [0.15, 0.2) is 30.3 Å². The van der Waals surface area contributed by atoms with Gasteiger partial charge in [-0.1, -0.05) is 30.3 Å². The van der Waals surface area contributed by atoms with E-state index in [9.17, 15) is 4.79 Å². The van der Waals surface area contributed by atoms with Crippen molar-refractivity contribution in [2.45, 2.75) is 51.4 Å². The van der Waals surface area contributed by atoms with Gasteiger partial charge >= 0.3 is 6.09 Å². The molecule has 2 saturated heterocycles. The average Bonchev–Trinajstić information content (AvgIpc) is 2.73. The molecular formula is C17H24N2O2. The third-order valence-electron chi connectivity index (χ3n) is 4.26. The third kappa shape index (κ3) is 3.05. The normalized spacial score (nSPS) is 25.4. The van der Waals surface area contributed by atoms with Crippen LogP contribution in [0.25, 0.3) is 0 Å². The molecule has 0 aromatic heterocycles. The minimum Gasteiger partial charge on any atom is -0.444 e. The fourth-order valence-electron chi connectivity index (χ4n) is 3.27. The average molecular weight is 288 g/mol. The standard InChI is InChI=1S/C17H24N2O2/c1-17(2,3)21-16(20)19-10-9-14-15(19)12-18(14)11-13-7-5-4-6-8-13/h4-8,14-15H,9-12H2,1-3H3/t14-,15?/m1/s1. The van der Waals surface area contributed by atoms with Crippen molar-refractivity contribution >= 4 is 6.09 Å². The van der Waals surface area contributed by atoms with E-state index in [4.69, 9.17) is 4.74 Å². The molecule has 1 aromatic carbocycles. The molecule has 1 unspecified atom stereocenters. The Balaban J connectivity index is 1.56. The Kier molecular flexibility index (Phi) is 3.66. The Morgan fingerprint density at radius 1 is 1.24 bits per heavy atom. The second kappa shape index (κ2) is 5.34. The summed E-state index contributed by atoms with van der Waals surface area (Å²) in [6.07, 6.45) is 0.894. The summed E-state index contributed by atoms with van der Waals surface area (Å²) in [4.78, 5) is 16.6. The van der Waals surface area contributed by atoms with Crippen molar-refractivity contribution in [3.63, 3.8) is 0 Å². The van der Waals surface area contributed by atoms with E-state index in [1.165, 1.54) is 5.56 Å². The first-order valence-electron chi connectivity index (χ1n) is 7.72. The molecule has 2 aliphatic heterocycles. The molecule has 0 radical (unpaired) electrons. The second-order valence-electron chi connectivity index (χ2n) is 7.01. The van der Waals surface area contributed by atoms with E-state index in [0.717, 1.165) is 26.1 Å². The van der Waals surface area contributed by atoms with Crippen LogP contribution >= 0.6 is 0 Å². The summed E-state index contributed by atoms with van der Waals surface area (Å²) >= 11 is 0. The Labute approximate surface area is 126 Å². The highest BCUT2D eigenvalue weighted by Crippen LogP contribution is 2.34. The smallest absolute Gasteiger partial charge is 0.410 e. The molecule has 0 bridgehead atoms. The van der Waals surface area contributed by atoms with Gasteiger partial charge in [0.15, 0.2) is 0 Å². The van der Waals surface area contributed by atoms with E-state index >= 15 is 0 Å². The quantitative estimate of drug-likeness (QED) is 0.839. The molecule has 0 saturated carbocycles. The van der Waals surface area contributed by atoms with Crippen molar-refractivity contribution in [1.29, 1.82) is 0 Å². The first-order valence-corrected chi connectivity index (χ1v) is 7.72. The molecule has 2 fully saturated rings. The van der Waals surface area contributed by atoms with Gasteiger partial charge in [-0.05, 0) is 32.8 Å². The Hall–Kier alpha value is -1.55. The van der Waals surface area contributed by atoms with E-state index in [-0.39, 0.29) is 6.09 Å². The molecule has 21 heavy (non-hydrogen) atoms. The number of fused-ring (bicyclic) bond motifs is 1. The molecule has 1 aromatic rings. The van der Waals surface area contributed by atoms with Crippen LogP contribution in [0.2, 0.25) is 0 Å². The zero-order valence-electron chi connectivity index (χ0n) is 13.1. The lowest BCUT2D eigenvalue weighted by molar-refractivity contribution is -0.0134. The van der Waals surface area contributed by atoms with Crippen LogP contribution in [0.3, 0.4) is 0 Å². The van der Waals surface area contributed by atoms with Crippen LogP contribution in [0.4, 0.5) is 4.79 Å². The second-order valence-corrected chi connectivity index (χ2v) is 7.01. The van der Waals surface area contributed by atoms with Crippen LogP contribution < -0.4 is 0 Å². The number of likely N-dealkylation sites (tertiary alicyclic amines) is 2. The number of benzene rings is 1. The highest BCUT2D eigenvalue weighted by atomic mass is 16.6. The maximum absolute atomic E-state index is 12.2. The van der Waals surface area contributed by atoms with Crippen LogP contribution in [0, 0.1) is 0 Å². The van der Waals surface area contributed by atoms with Gasteiger partial charge in [-0.2, -0.15) is 0 Å². The summed E-state index contributed by atoms with van der Waals surface area (Å²) < 4.78 is 5.50. The fraction of sp³-hybridized carbons (Fsp3) is 0.588. The monoisotopic (exact) mass is 288 g/mol. The van der Waals surface area contributed by atoms with E-state index in [2.05, 4.69) is 29.2 Å². The molecule has 114 valence electrons. The van der Waals surface area contributed by atoms with Gasteiger partial charge in [0.25, 0.3) is 0 Å². The van der Waals surface area contributed by atoms with Gasteiger partial charge in [0.2, 0.25) is 0 Å². The number of carbonyl (C=O) groups is 1. The van der Waals surface area contributed by atoms with Crippen molar-refractivity contribution in [1.82, 2.24) is 9.80 Å². The Morgan fingerprint density at radius 3 is 2.62 bits per heavy atom.